The maximum absolute atomic E-state index is 6.03. The van der Waals surface area contributed by atoms with Gasteiger partial charge >= 0.3 is 0 Å². The number of hydrogen-bond donors (Lipinski definition) is 0. The zero-order valence-corrected chi connectivity index (χ0v) is 23.9. The number of benzene rings is 2. The van der Waals surface area contributed by atoms with Crippen LogP contribution in [-0.2, 0) is 34.0 Å². The topological polar surface area (TPSA) is 36.9 Å². The molecule has 0 aromatic heterocycles. The van der Waals surface area contributed by atoms with E-state index in [1.54, 1.807) is 0 Å². The molecule has 0 aliphatic heterocycles. The van der Waals surface area contributed by atoms with E-state index in [-0.39, 0.29) is 6.10 Å². The van der Waals surface area contributed by atoms with Crippen molar-refractivity contribution < 1.29 is 19.2 Å². The lowest BCUT2D eigenvalue weighted by Gasteiger charge is -2.26. The quantitative estimate of drug-likeness (QED) is 0.133. The second kappa shape index (κ2) is 16.3. The van der Waals surface area contributed by atoms with Crippen LogP contribution in [0.3, 0.4) is 0 Å². The van der Waals surface area contributed by atoms with E-state index in [2.05, 4.69) is 62.4 Å². The Kier molecular flexibility index (Phi) is 12.5. The number of rotatable bonds is 15. The second-order valence-electron chi connectivity index (χ2n) is 11.9. The second-order valence-corrected chi connectivity index (χ2v) is 11.9. The van der Waals surface area contributed by atoms with E-state index in [1.165, 1.54) is 68.1 Å². The maximum Gasteiger partial charge on any atom is 0.119 e. The van der Waals surface area contributed by atoms with Gasteiger partial charge in [0.25, 0.3) is 0 Å². The predicted molar refractivity (Wildman–Crippen MR) is 154 cm³/mol. The summed E-state index contributed by atoms with van der Waals surface area (Å²) in [6.45, 7) is 6.73. The lowest BCUT2D eigenvalue weighted by atomic mass is 9.89. The van der Waals surface area contributed by atoms with E-state index in [0.717, 1.165) is 62.9 Å². The van der Waals surface area contributed by atoms with E-state index in [0.29, 0.717) is 12.7 Å². The van der Waals surface area contributed by atoms with Crippen molar-refractivity contribution in [2.24, 2.45) is 11.8 Å². The van der Waals surface area contributed by atoms with Gasteiger partial charge in [0.2, 0.25) is 0 Å². The van der Waals surface area contributed by atoms with Gasteiger partial charge in [-0.2, -0.15) is 0 Å². The zero-order valence-electron chi connectivity index (χ0n) is 23.9. The van der Waals surface area contributed by atoms with Crippen LogP contribution in [0.2, 0.25) is 0 Å². The van der Waals surface area contributed by atoms with E-state index < -0.39 is 0 Å². The fraction of sp³-hybridized carbons (Fsp3) is 0.647. The van der Waals surface area contributed by atoms with Crippen molar-refractivity contribution in [2.75, 3.05) is 13.2 Å². The van der Waals surface area contributed by atoms with Crippen LogP contribution in [-0.4, -0.2) is 25.4 Å². The highest BCUT2D eigenvalue weighted by Crippen LogP contribution is 2.26. The predicted octanol–water partition coefficient (Wildman–Crippen LogP) is 8.64. The fourth-order valence-electron chi connectivity index (χ4n) is 5.63. The van der Waals surface area contributed by atoms with Crippen LogP contribution >= 0.6 is 0 Å². The van der Waals surface area contributed by atoms with E-state index in [1.807, 2.05) is 0 Å². The molecule has 0 bridgehead atoms. The van der Waals surface area contributed by atoms with Crippen molar-refractivity contribution >= 4 is 0 Å². The first-order valence-electron chi connectivity index (χ1n) is 15.3. The summed E-state index contributed by atoms with van der Waals surface area (Å²) in [5.41, 5.74) is 3.94. The van der Waals surface area contributed by atoms with E-state index in [4.69, 9.17) is 19.2 Å². The van der Waals surface area contributed by atoms with Crippen LogP contribution < -0.4 is 4.74 Å². The average Bonchev–Trinajstić information content (AvgIpc) is 2.94. The maximum atomic E-state index is 6.03. The highest BCUT2D eigenvalue weighted by atomic mass is 17.2. The number of ether oxygens (including phenoxy) is 2. The Bertz CT molecular complexity index is 878. The number of unbranched alkanes of at least 4 members (excludes halogenated alkanes) is 1. The van der Waals surface area contributed by atoms with Crippen LogP contribution in [0.4, 0.5) is 0 Å². The third kappa shape index (κ3) is 10.7. The first kappa shape index (κ1) is 29.1. The molecule has 2 saturated carbocycles. The molecule has 2 aliphatic rings. The molecule has 4 nitrogen and oxygen atoms in total. The van der Waals surface area contributed by atoms with Crippen LogP contribution in [0, 0.1) is 11.8 Å². The molecule has 0 heterocycles. The van der Waals surface area contributed by atoms with Gasteiger partial charge in [0.1, 0.15) is 12.4 Å². The molecule has 0 spiro atoms. The van der Waals surface area contributed by atoms with Crippen LogP contribution in [0.5, 0.6) is 5.75 Å². The smallest absolute Gasteiger partial charge is 0.119 e. The zero-order chi connectivity index (χ0) is 26.4. The van der Waals surface area contributed by atoms with Crippen molar-refractivity contribution in [1.82, 2.24) is 0 Å². The Morgan fingerprint density at radius 3 is 1.71 bits per heavy atom. The molecule has 2 aromatic rings. The summed E-state index contributed by atoms with van der Waals surface area (Å²) in [5.74, 6) is 2.67. The number of hydrogen-bond acceptors (Lipinski definition) is 4. The van der Waals surface area contributed by atoms with Crippen molar-refractivity contribution in [2.45, 2.75) is 116 Å². The minimum Gasteiger partial charge on any atom is -0.494 e. The monoisotopic (exact) mass is 522 g/mol. The third-order valence-corrected chi connectivity index (χ3v) is 8.39. The first-order valence-corrected chi connectivity index (χ1v) is 15.3. The molecule has 0 unspecified atom stereocenters. The Labute approximate surface area is 231 Å². The standard InChI is InChI=1S/C34H50O4/c1-27-8-18-32(19-9-27)35-24-5-25-36-33-22-16-30(17-23-33)7-4-3-6-29-12-14-31(15-13-29)26-37-38-34-20-10-28(2)11-21-34/h12-17,22-23,27-28,32,34H,3-11,18-21,24-26H2,1-2H3. The molecule has 0 atom stereocenters. The summed E-state index contributed by atoms with van der Waals surface area (Å²) in [5, 5.41) is 0. The highest BCUT2D eigenvalue weighted by Gasteiger charge is 2.20. The fourth-order valence-corrected chi connectivity index (χ4v) is 5.63. The minimum absolute atomic E-state index is 0.272. The molecular weight excluding hydrogens is 472 g/mol. The van der Waals surface area contributed by atoms with Gasteiger partial charge in [0.15, 0.2) is 0 Å². The first-order chi connectivity index (χ1) is 18.6. The molecule has 4 rings (SSSR count). The van der Waals surface area contributed by atoms with Gasteiger partial charge in [-0.1, -0.05) is 50.2 Å². The SMILES string of the molecule is CC1CCC(OCCCOc2ccc(CCCCc3ccc(COOC4CCC(C)CC4)cc3)cc2)CC1. The molecule has 2 aliphatic carbocycles. The molecule has 0 saturated heterocycles. The molecule has 0 radical (unpaired) electrons. The number of aryl methyl sites for hydroxylation is 2. The Morgan fingerprint density at radius 1 is 0.579 bits per heavy atom. The summed E-state index contributed by atoms with van der Waals surface area (Å²) in [4.78, 5) is 11.2. The molecule has 2 fully saturated rings. The third-order valence-electron chi connectivity index (χ3n) is 8.39. The van der Waals surface area contributed by atoms with Gasteiger partial charge in [0.05, 0.1) is 25.4 Å². The van der Waals surface area contributed by atoms with Gasteiger partial charge in [0, 0.05) is 6.42 Å². The molecular formula is C34H50O4. The summed E-state index contributed by atoms with van der Waals surface area (Å²) in [6, 6.07) is 17.4. The van der Waals surface area contributed by atoms with Gasteiger partial charge in [-0.15, -0.1) is 0 Å². The lowest BCUT2D eigenvalue weighted by Crippen LogP contribution is -2.21. The van der Waals surface area contributed by atoms with E-state index >= 15 is 0 Å². The summed E-state index contributed by atoms with van der Waals surface area (Å²) >= 11 is 0. The van der Waals surface area contributed by atoms with Crippen LogP contribution in [0.25, 0.3) is 0 Å². The normalized spacial score (nSPS) is 23.8. The molecule has 210 valence electrons. The minimum atomic E-state index is 0.272. The summed E-state index contributed by atoms with van der Waals surface area (Å²) < 4.78 is 12.0. The van der Waals surface area contributed by atoms with Crippen LogP contribution in [0.15, 0.2) is 48.5 Å². The Morgan fingerprint density at radius 2 is 1.11 bits per heavy atom. The average molecular weight is 523 g/mol. The van der Waals surface area contributed by atoms with Crippen molar-refractivity contribution in [3.8, 4) is 5.75 Å². The van der Waals surface area contributed by atoms with Crippen molar-refractivity contribution in [3.63, 3.8) is 0 Å². The Balaban J connectivity index is 1.02. The van der Waals surface area contributed by atoms with Gasteiger partial charge in [-0.05, 0) is 118 Å². The molecule has 0 N–H and O–H groups in total. The molecule has 2 aromatic carbocycles. The van der Waals surface area contributed by atoms with Crippen LogP contribution in [0.1, 0.15) is 101 Å². The lowest BCUT2D eigenvalue weighted by molar-refractivity contribution is -0.337. The van der Waals surface area contributed by atoms with Crippen molar-refractivity contribution in [3.05, 3.63) is 65.2 Å². The summed E-state index contributed by atoms with van der Waals surface area (Å²) in [6.07, 6.45) is 16.1. The summed E-state index contributed by atoms with van der Waals surface area (Å²) in [7, 11) is 0. The highest BCUT2D eigenvalue weighted by molar-refractivity contribution is 5.27. The Hall–Kier alpha value is -1.88. The van der Waals surface area contributed by atoms with Gasteiger partial charge in [-0.3, -0.25) is 0 Å². The van der Waals surface area contributed by atoms with Crippen molar-refractivity contribution in [1.29, 1.82) is 0 Å². The van der Waals surface area contributed by atoms with Gasteiger partial charge in [-0.25, -0.2) is 9.78 Å². The largest absolute Gasteiger partial charge is 0.494 e. The molecule has 4 heteroatoms. The van der Waals surface area contributed by atoms with E-state index in [9.17, 15) is 0 Å². The van der Waals surface area contributed by atoms with Gasteiger partial charge < -0.3 is 9.47 Å². The molecule has 38 heavy (non-hydrogen) atoms. The molecule has 0 amide bonds.